The van der Waals surface area contributed by atoms with Gasteiger partial charge in [-0.05, 0) is 44.0 Å². The smallest absolute Gasteiger partial charge is 0.355 e. The maximum atomic E-state index is 12.2. The molecule has 0 radical (unpaired) electrons. The molecule has 1 aromatic heterocycles. The van der Waals surface area contributed by atoms with Crippen molar-refractivity contribution in [3.05, 3.63) is 52.3 Å². The number of esters is 1. The van der Waals surface area contributed by atoms with Gasteiger partial charge in [-0.1, -0.05) is 12.1 Å². The van der Waals surface area contributed by atoms with Crippen molar-refractivity contribution < 1.29 is 27.5 Å². The van der Waals surface area contributed by atoms with Crippen LogP contribution in [0, 0.1) is 13.8 Å². The minimum atomic E-state index is -3.77. The highest BCUT2D eigenvalue weighted by atomic mass is 32.2. The van der Waals surface area contributed by atoms with E-state index in [4.69, 9.17) is 9.88 Å². The first-order chi connectivity index (χ1) is 13.0. The summed E-state index contributed by atoms with van der Waals surface area (Å²) >= 11 is 0. The van der Waals surface area contributed by atoms with Crippen LogP contribution in [-0.4, -0.2) is 37.7 Å². The van der Waals surface area contributed by atoms with Crippen molar-refractivity contribution in [3.63, 3.8) is 0 Å². The molecule has 150 valence electrons. The zero-order valence-corrected chi connectivity index (χ0v) is 16.5. The van der Waals surface area contributed by atoms with Crippen LogP contribution in [0.15, 0.2) is 29.2 Å². The monoisotopic (exact) mass is 407 g/mol. The van der Waals surface area contributed by atoms with E-state index in [-0.39, 0.29) is 22.9 Å². The Balaban J connectivity index is 1.90. The van der Waals surface area contributed by atoms with Gasteiger partial charge in [-0.15, -0.1) is 0 Å². The average molecular weight is 407 g/mol. The highest BCUT2D eigenvalue weighted by Crippen LogP contribution is 2.19. The Hall–Kier alpha value is -2.98. The van der Waals surface area contributed by atoms with Crippen LogP contribution in [0.4, 0.5) is 0 Å². The van der Waals surface area contributed by atoms with E-state index in [0.717, 1.165) is 0 Å². The number of sulfonamides is 1. The second kappa shape index (κ2) is 8.36. The third-order valence-electron chi connectivity index (χ3n) is 4.07. The molecule has 0 aliphatic heterocycles. The molecular weight excluding hydrogens is 386 g/mol. The highest BCUT2D eigenvalue weighted by Gasteiger charge is 2.21. The molecule has 1 heterocycles. The van der Waals surface area contributed by atoms with Crippen LogP contribution in [0.5, 0.6) is 0 Å². The SMILES string of the molecule is CC(=O)c1c(C)[nH]c(C(=O)OCC(=O)NCc2ccc(S(N)(=O)=O)cc2)c1C. The molecule has 0 atom stereocenters. The Morgan fingerprint density at radius 3 is 2.25 bits per heavy atom. The van der Waals surface area contributed by atoms with Crippen LogP contribution in [-0.2, 0) is 26.1 Å². The maximum absolute atomic E-state index is 12.2. The molecule has 0 aliphatic carbocycles. The van der Waals surface area contributed by atoms with Gasteiger partial charge in [0.15, 0.2) is 12.4 Å². The lowest BCUT2D eigenvalue weighted by Gasteiger charge is -2.07. The molecule has 0 fully saturated rings. The van der Waals surface area contributed by atoms with Gasteiger partial charge < -0.3 is 15.0 Å². The van der Waals surface area contributed by atoms with Gasteiger partial charge in [0.2, 0.25) is 10.0 Å². The molecule has 0 unspecified atom stereocenters. The average Bonchev–Trinajstić information content (AvgIpc) is 2.92. The third kappa shape index (κ3) is 5.05. The van der Waals surface area contributed by atoms with Gasteiger partial charge in [-0.25, -0.2) is 18.4 Å². The van der Waals surface area contributed by atoms with E-state index in [1.54, 1.807) is 13.8 Å². The number of amides is 1. The van der Waals surface area contributed by atoms with Crippen LogP contribution >= 0.6 is 0 Å². The van der Waals surface area contributed by atoms with Crippen molar-refractivity contribution in [3.8, 4) is 0 Å². The van der Waals surface area contributed by atoms with Crippen LogP contribution in [0.3, 0.4) is 0 Å². The Labute approximate surface area is 162 Å². The first kappa shape index (κ1) is 21.3. The van der Waals surface area contributed by atoms with Gasteiger partial charge in [-0.2, -0.15) is 0 Å². The number of aromatic nitrogens is 1. The molecule has 9 nitrogen and oxygen atoms in total. The maximum Gasteiger partial charge on any atom is 0.355 e. The summed E-state index contributed by atoms with van der Waals surface area (Å²) in [7, 11) is -3.77. The molecule has 0 saturated carbocycles. The van der Waals surface area contributed by atoms with Crippen LogP contribution in [0.25, 0.3) is 0 Å². The van der Waals surface area contributed by atoms with Crippen LogP contribution < -0.4 is 10.5 Å². The van der Waals surface area contributed by atoms with E-state index in [9.17, 15) is 22.8 Å². The van der Waals surface area contributed by atoms with Crippen molar-refractivity contribution in [2.24, 2.45) is 5.14 Å². The van der Waals surface area contributed by atoms with Crippen molar-refractivity contribution in [1.29, 1.82) is 0 Å². The molecule has 0 spiro atoms. The molecule has 2 rings (SSSR count). The van der Waals surface area contributed by atoms with Gasteiger partial charge in [0.25, 0.3) is 5.91 Å². The molecule has 0 bridgehead atoms. The van der Waals surface area contributed by atoms with Gasteiger partial charge in [0, 0.05) is 17.8 Å². The number of hydrogen-bond acceptors (Lipinski definition) is 6. The first-order valence-electron chi connectivity index (χ1n) is 8.26. The lowest BCUT2D eigenvalue weighted by molar-refractivity contribution is -0.124. The van der Waals surface area contributed by atoms with E-state index in [0.29, 0.717) is 22.4 Å². The number of ketones is 1. The van der Waals surface area contributed by atoms with Gasteiger partial charge >= 0.3 is 5.97 Å². The number of hydrogen-bond donors (Lipinski definition) is 3. The van der Waals surface area contributed by atoms with E-state index in [2.05, 4.69) is 10.3 Å². The zero-order valence-electron chi connectivity index (χ0n) is 15.7. The number of Topliss-reactive ketones (excluding diaryl/α,β-unsaturated/α-hetero) is 1. The predicted molar refractivity (Wildman–Crippen MR) is 100 cm³/mol. The van der Waals surface area contributed by atoms with E-state index < -0.39 is 28.5 Å². The number of nitrogens with one attached hydrogen (secondary N) is 2. The Kier molecular flexibility index (Phi) is 6.37. The second-order valence-corrected chi connectivity index (χ2v) is 7.78. The summed E-state index contributed by atoms with van der Waals surface area (Å²) in [5.41, 5.74) is 2.25. The van der Waals surface area contributed by atoms with Gasteiger partial charge in [0.1, 0.15) is 5.69 Å². The van der Waals surface area contributed by atoms with Crippen LogP contribution in [0.2, 0.25) is 0 Å². The fourth-order valence-corrected chi connectivity index (χ4v) is 3.25. The number of nitrogens with two attached hydrogens (primary N) is 1. The summed E-state index contributed by atoms with van der Waals surface area (Å²) in [6.45, 7) is 4.33. The number of ether oxygens (including phenoxy) is 1. The van der Waals surface area contributed by atoms with Crippen LogP contribution in [0.1, 0.15) is 44.6 Å². The minimum Gasteiger partial charge on any atom is -0.451 e. The summed E-state index contributed by atoms with van der Waals surface area (Å²) in [4.78, 5) is 38.4. The number of primary sulfonamides is 1. The fraction of sp³-hybridized carbons (Fsp3) is 0.278. The molecule has 2 aromatic rings. The van der Waals surface area contributed by atoms with E-state index >= 15 is 0 Å². The summed E-state index contributed by atoms with van der Waals surface area (Å²) in [5.74, 6) is -1.44. The van der Waals surface area contributed by atoms with Gasteiger partial charge in [-0.3, -0.25) is 9.59 Å². The molecule has 1 aromatic carbocycles. The molecular formula is C18H21N3O6S. The topological polar surface area (TPSA) is 148 Å². The lowest BCUT2D eigenvalue weighted by Crippen LogP contribution is -2.28. The van der Waals surface area contributed by atoms with Crippen molar-refractivity contribution in [2.75, 3.05) is 6.61 Å². The molecule has 28 heavy (non-hydrogen) atoms. The Morgan fingerprint density at radius 2 is 1.75 bits per heavy atom. The normalized spacial score (nSPS) is 11.1. The number of H-pyrrole nitrogens is 1. The number of aromatic amines is 1. The molecule has 10 heteroatoms. The largest absolute Gasteiger partial charge is 0.451 e. The van der Waals surface area contributed by atoms with Gasteiger partial charge in [0.05, 0.1) is 4.90 Å². The Morgan fingerprint density at radius 1 is 1.14 bits per heavy atom. The summed E-state index contributed by atoms with van der Waals surface area (Å²) in [5, 5.41) is 7.57. The van der Waals surface area contributed by atoms with E-state index in [1.165, 1.54) is 31.2 Å². The fourth-order valence-electron chi connectivity index (χ4n) is 2.73. The molecule has 1 amide bonds. The molecule has 0 saturated heterocycles. The second-order valence-electron chi connectivity index (χ2n) is 6.22. The summed E-state index contributed by atoms with van der Waals surface area (Å²) in [6, 6.07) is 5.69. The number of rotatable bonds is 7. The Bertz CT molecular complexity index is 1020. The number of carbonyl (C=O) groups excluding carboxylic acids is 3. The quantitative estimate of drug-likeness (QED) is 0.460. The highest BCUT2D eigenvalue weighted by molar-refractivity contribution is 7.89. The van der Waals surface area contributed by atoms with Crippen molar-refractivity contribution >= 4 is 27.7 Å². The predicted octanol–water partition coefficient (Wildman–Crippen LogP) is 0.955. The first-order valence-corrected chi connectivity index (χ1v) is 9.81. The molecule has 0 aliphatic rings. The number of carbonyl (C=O) groups is 3. The molecule has 4 N–H and O–H groups in total. The lowest BCUT2D eigenvalue weighted by atomic mass is 10.1. The number of benzene rings is 1. The minimum absolute atomic E-state index is 0.0296. The standard InChI is InChI=1S/C18H21N3O6S/c1-10-16(12(3)22)11(2)21-17(10)18(24)27-9-15(23)20-8-13-4-6-14(7-5-13)28(19,25)26/h4-7,21H,8-9H2,1-3H3,(H,20,23)(H2,19,25,26). The summed E-state index contributed by atoms with van der Waals surface area (Å²) in [6.07, 6.45) is 0. The summed E-state index contributed by atoms with van der Waals surface area (Å²) < 4.78 is 27.4. The van der Waals surface area contributed by atoms with Crippen molar-refractivity contribution in [1.82, 2.24) is 10.3 Å². The van der Waals surface area contributed by atoms with E-state index in [1.807, 2.05) is 0 Å². The van der Waals surface area contributed by atoms with Crippen molar-refractivity contribution in [2.45, 2.75) is 32.2 Å². The number of aryl methyl sites for hydroxylation is 1. The zero-order chi connectivity index (χ0) is 21.1. The third-order valence-corrected chi connectivity index (χ3v) is 5.00.